The van der Waals surface area contributed by atoms with Gasteiger partial charge < -0.3 is 30.6 Å². The number of likely N-dealkylation sites (tertiary alicyclic amines) is 1. The van der Waals surface area contributed by atoms with Gasteiger partial charge in [-0.3, -0.25) is 24.2 Å². The summed E-state index contributed by atoms with van der Waals surface area (Å²) < 4.78 is 32.4. The van der Waals surface area contributed by atoms with Crippen molar-refractivity contribution in [1.82, 2.24) is 20.4 Å². The molecule has 1 aromatic rings. The molecule has 1 aliphatic rings. The van der Waals surface area contributed by atoms with Crippen LogP contribution in [0, 0.1) is 17.2 Å². The first kappa shape index (κ1) is 32.2. The zero-order valence-electron chi connectivity index (χ0n) is 23.2. The minimum absolute atomic E-state index is 0.0808. The van der Waals surface area contributed by atoms with Gasteiger partial charge in [-0.05, 0) is 18.9 Å². The van der Waals surface area contributed by atoms with Crippen molar-refractivity contribution >= 4 is 29.5 Å². The summed E-state index contributed by atoms with van der Waals surface area (Å²) in [6, 6.07) is 1.16. The summed E-state index contributed by atoms with van der Waals surface area (Å²) in [7, 11) is 3.53. The number of alkyl halides is 2. The van der Waals surface area contributed by atoms with Crippen LogP contribution in [0.25, 0.3) is 0 Å². The van der Waals surface area contributed by atoms with E-state index in [-0.39, 0.29) is 42.4 Å². The molecule has 14 heteroatoms. The quantitative estimate of drug-likeness (QED) is 0.183. The highest BCUT2D eigenvalue weighted by Gasteiger charge is 2.47. The number of furan rings is 1. The maximum atomic E-state index is 13.5. The topological polar surface area (TPSA) is 174 Å². The standard InChI is InChI=1S/C26H37F2N7O5/c1-16(2)23(38)20(6-5-9-31-25(30)34(3)4)33-24(39)17-10-19(40-14-17)13-32-21(36)7-8-22(37)35-15-26(27,28)11-18(35)12-29/h10,14,16,18,20H,5-9,11,13,15H2,1-4H3,(H2,30,31)(H,32,36)(H,33,39)/t18-,20-/m0/s1. The van der Waals surface area contributed by atoms with Gasteiger partial charge in [0.25, 0.3) is 11.8 Å². The number of nitrogens with one attached hydrogen (secondary N) is 2. The first-order valence-electron chi connectivity index (χ1n) is 13.0. The minimum atomic E-state index is -3.13. The van der Waals surface area contributed by atoms with Crippen molar-refractivity contribution in [3.05, 3.63) is 23.7 Å². The minimum Gasteiger partial charge on any atom is -0.467 e. The van der Waals surface area contributed by atoms with Crippen LogP contribution >= 0.6 is 0 Å². The van der Waals surface area contributed by atoms with Crippen LogP contribution in [0.4, 0.5) is 8.78 Å². The molecule has 1 fully saturated rings. The summed E-state index contributed by atoms with van der Waals surface area (Å²) in [5.74, 6) is -4.67. The average molecular weight is 566 g/mol. The van der Waals surface area contributed by atoms with Crippen molar-refractivity contribution in [2.45, 2.75) is 70.5 Å². The molecule has 1 aromatic heterocycles. The lowest BCUT2D eigenvalue weighted by atomic mass is 9.97. The molecule has 0 unspecified atom stereocenters. The predicted molar refractivity (Wildman–Crippen MR) is 141 cm³/mol. The number of nitriles is 1. The second-order valence-electron chi connectivity index (χ2n) is 10.2. The van der Waals surface area contributed by atoms with Crippen molar-refractivity contribution in [2.75, 3.05) is 27.2 Å². The average Bonchev–Trinajstić information content (AvgIpc) is 3.50. The number of rotatable bonds is 13. The molecule has 0 spiro atoms. The van der Waals surface area contributed by atoms with Crippen LogP contribution < -0.4 is 16.4 Å². The highest BCUT2D eigenvalue weighted by molar-refractivity contribution is 5.98. The number of amides is 3. The van der Waals surface area contributed by atoms with Gasteiger partial charge in [0.1, 0.15) is 18.1 Å². The molecule has 0 aliphatic carbocycles. The molecule has 0 saturated carbocycles. The summed E-state index contributed by atoms with van der Waals surface area (Å²) in [6.45, 7) is 2.97. The first-order valence-corrected chi connectivity index (χ1v) is 13.0. The van der Waals surface area contributed by atoms with E-state index in [2.05, 4.69) is 15.6 Å². The monoisotopic (exact) mass is 565 g/mol. The van der Waals surface area contributed by atoms with E-state index in [0.29, 0.717) is 25.3 Å². The van der Waals surface area contributed by atoms with E-state index in [1.165, 1.54) is 12.3 Å². The van der Waals surface area contributed by atoms with Gasteiger partial charge in [-0.2, -0.15) is 5.26 Å². The van der Waals surface area contributed by atoms with Gasteiger partial charge in [-0.15, -0.1) is 0 Å². The summed E-state index contributed by atoms with van der Waals surface area (Å²) in [4.78, 5) is 56.5. The smallest absolute Gasteiger partial charge is 0.268 e. The number of halogens is 2. The molecule has 220 valence electrons. The van der Waals surface area contributed by atoms with Crippen molar-refractivity contribution < 1.29 is 32.4 Å². The number of guanidine groups is 1. The van der Waals surface area contributed by atoms with Crippen molar-refractivity contribution in [3.8, 4) is 6.07 Å². The number of carbonyl (C=O) groups is 4. The Morgan fingerprint density at radius 2 is 2.00 bits per heavy atom. The molecule has 40 heavy (non-hydrogen) atoms. The molecule has 12 nitrogen and oxygen atoms in total. The Morgan fingerprint density at radius 3 is 2.62 bits per heavy atom. The molecule has 3 amide bonds. The van der Waals surface area contributed by atoms with Gasteiger partial charge >= 0.3 is 0 Å². The number of Topliss-reactive ketones (excluding diaryl/α,β-unsaturated/α-hetero) is 1. The molecule has 0 bridgehead atoms. The number of nitrogens with two attached hydrogens (primary N) is 1. The maximum absolute atomic E-state index is 13.5. The molecule has 2 atom stereocenters. The largest absolute Gasteiger partial charge is 0.467 e. The Balaban J connectivity index is 1.85. The van der Waals surface area contributed by atoms with Gasteiger partial charge in [-0.25, -0.2) is 8.78 Å². The second-order valence-corrected chi connectivity index (χ2v) is 10.2. The molecule has 4 N–H and O–H groups in total. The summed E-state index contributed by atoms with van der Waals surface area (Å²) in [5, 5.41) is 14.3. The maximum Gasteiger partial charge on any atom is 0.268 e. The van der Waals surface area contributed by atoms with Crippen molar-refractivity contribution in [3.63, 3.8) is 0 Å². The summed E-state index contributed by atoms with van der Waals surface area (Å²) in [5.41, 5.74) is 5.93. The van der Waals surface area contributed by atoms with Crippen LogP contribution in [-0.4, -0.2) is 84.5 Å². The molecule has 2 rings (SSSR count). The lowest BCUT2D eigenvalue weighted by Gasteiger charge is -2.19. The fourth-order valence-corrected chi connectivity index (χ4v) is 3.98. The van der Waals surface area contributed by atoms with Crippen LogP contribution in [-0.2, 0) is 20.9 Å². The van der Waals surface area contributed by atoms with Crippen molar-refractivity contribution in [1.29, 1.82) is 5.26 Å². The SMILES string of the molecule is CC(C)C(=O)[C@H](CCCN=C(N)N(C)C)NC(=O)c1coc(CNC(=O)CCC(=O)N2CC(F)(F)C[C@H]2C#N)c1. The summed E-state index contributed by atoms with van der Waals surface area (Å²) in [6.07, 6.45) is 0.787. The zero-order chi connectivity index (χ0) is 30.0. The molecular weight excluding hydrogens is 528 g/mol. The highest BCUT2D eigenvalue weighted by atomic mass is 19.3. The molecule has 2 heterocycles. The van der Waals surface area contributed by atoms with Crippen LogP contribution in [0.1, 0.15) is 62.1 Å². The molecular formula is C26H37F2N7O5. The Kier molecular flexibility index (Phi) is 11.6. The van der Waals surface area contributed by atoms with E-state index in [0.717, 1.165) is 4.90 Å². The third-order valence-electron chi connectivity index (χ3n) is 6.28. The highest BCUT2D eigenvalue weighted by Crippen LogP contribution is 2.32. The van der Waals surface area contributed by atoms with Crippen LogP contribution in [0.3, 0.4) is 0 Å². The fourth-order valence-electron chi connectivity index (χ4n) is 3.98. The lowest BCUT2D eigenvalue weighted by Crippen LogP contribution is -2.42. The third kappa shape index (κ3) is 9.62. The van der Waals surface area contributed by atoms with Gasteiger partial charge in [-0.1, -0.05) is 13.8 Å². The Bertz CT molecular complexity index is 1140. The molecule has 1 saturated heterocycles. The molecule has 0 aromatic carbocycles. The van der Waals surface area contributed by atoms with E-state index >= 15 is 0 Å². The lowest BCUT2D eigenvalue weighted by molar-refractivity contribution is -0.134. The van der Waals surface area contributed by atoms with E-state index in [9.17, 15) is 28.0 Å². The van der Waals surface area contributed by atoms with Gasteiger partial charge in [0.2, 0.25) is 11.8 Å². The number of ketones is 1. The zero-order valence-corrected chi connectivity index (χ0v) is 23.2. The number of aliphatic imine (C=N–C) groups is 1. The Morgan fingerprint density at radius 1 is 1.30 bits per heavy atom. The van der Waals surface area contributed by atoms with Gasteiger partial charge in [0.15, 0.2) is 11.7 Å². The summed E-state index contributed by atoms with van der Waals surface area (Å²) >= 11 is 0. The van der Waals surface area contributed by atoms with Crippen LogP contribution in [0.5, 0.6) is 0 Å². The number of hydrogen-bond donors (Lipinski definition) is 3. The van der Waals surface area contributed by atoms with E-state index in [4.69, 9.17) is 15.4 Å². The second kappa shape index (κ2) is 14.4. The third-order valence-corrected chi connectivity index (χ3v) is 6.28. The van der Waals surface area contributed by atoms with E-state index < -0.39 is 48.7 Å². The Hall–Kier alpha value is -4.02. The van der Waals surface area contributed by atoms with Crippen LogP contribution in [0.15, 0.2) is 21.7 Å². The Labute approximate surface area is 231 Å². The molecule has 1 aliphatic heterocycles. The molecule has 0 radical (unpaired) electrons. The number of hydrogen-bond acceptors (Lipinski definition) is 7. The van der Waals surface area contributed by atoms with E-state index in [1.54, 1.807) is 38.9 Å². The van der Waals surface area contributed by atoms with E-state index in [1.807, 2.05) is 0 Å². The van der Waals surface area contributed by atoms with Crippen molar-refractivity contribution in [2.24, 2.45) is 16.6 Å². The normalized spacial score (nSPS) is 17.3. The predicted octanol–water partition coefficient (Wildman–Crippen LogP) is 1.42. The van der Waals surface area contributed by atoms with Gasteiger partial charge in [0, 0.05) is 45.8 Å². The van der Waals surface area contributed by atoms with Gasteiger partial charge in [0.05, 0.1) is 30.8 Å². The fraction of sp³-hybridized carbons (Fsp3) is 0.615. The number of carbonyl (C=O) groups excluding carboxylic acids is 4. The number of nitrogens with zero attached hydrogens (tertiary/aromatic N) is 4. The van der Waals surface area contributed by atoms with Crippen LogP contribution in [0.2, 0.25) is 0 Å². The first-order chi connectivity index (χ1) is 18.7.